The molecule has 1 heterocycles. The number of fused-ring (bicyclic) bond motifs is 1. The SMILES string of the molecule is CCOc1cc2c(cc1C(N)=O)C(=NBr)N(CC(=O)c1cc(C(C)(C)C)c(O)c(C(C)(C)C)c1)C2. The van der Waals surface area contributed by atoms with Gasteiger partial charge in [-0.05, 0) is 47.6 Å². The Morgan fingerprint density at radius 2 is 1.66 bits per heavy atom. The summed E-state index contributed by atoms with van der Waals surface area (Å²) in [5.41, 5.74) is 8.79. The highest BCUT2D eigenvalue weighted by molar-refractivity contribution is 9.08. The van der Waals surface area contributed by atoms with E-state index in [2.05, 4.69) is 20.2 Å². The molecule has 2 aromatic carbocycles. The summed E-state index contributed by atoms with van der Waals surface area (Å²) in [4.78, 5) is 27.4. The molecule has 0 aliphatic carbocycles. The van der Waals surface area contributed by atoms with Crippen molar-refractivity contribution < 1.29 is 19.4 Å². The second-order valence-corrected chi connectivity index (χ2v) is 11.3. The smallest absolute Gasteiger partial charge is 0.252 e. The van der Waals surface area contributed by atoms with Gasteiger partial charge in [0.1, 0.15) is 17.3 Å². The molecular weight excluding hydrogens is 510 g/mol. The first-order valence-corrected chi connectivity index (χ1v) is 12.3. The number of carbonyl (C=O) groups excluding carboxylic acids is 2. The number of nitrogens with zero attached hydrogens (tertiary/aromatic N) is 2. The van der Waals surface area contributed by atoms with Crippen LogP contribution in [0.5, 0.6) is 11.5 Å². The summed E-state index contributed by atoms with van der Waals surface area (Å²) in [7, 11) is 0. The molecule has 3 N–H and O–H groups in total. The minimum atomic E-state index is -0.590. The molecule has 0 radical (unpaired) electrons. The number of hydrogen-bond acceptors (Lipinski definition) is 5. The van der Waals surface area contributed by atoms with E-state index in [1.165, 1.54) is 0 Å². The van der Waals surface area contributed by atoms with Gasteiger partial charge in [0.05, 0.1) is 34.9 Å². The average Bonchev–Trinajstić information content (AvgIpc) is 3.07. The molecule has 8 heteroatoms. The molecule has 35 heavy (non-hydrogen) atoms. The van der Waals surface area contributed by atoms with Gasteiger partial charge in [0.2, 0.25) is 0 Å². The minimum absolute atomic E-state index is 0.0763. The number of Topliss-reactive ketones (excluding diaryl/α,β-unsaturated/α-hetero) is 1. The molecule has 0 saturated heterocycles. The normalized spacial score (nSPS) is 14.9. The van der Waals surface area contributed by atoms with Crippen LogP contribution in [0, 0.1) is 0 Å². The van der Waals surface area contributed by atoms with Crippen molar-refractivity contribution in [1.29, 1.82) is 0 Å². The van der Waals surface area contributed by atoms with Crippen molar-refractivity contribution in [1.82, 2.24) is 4.90 Å². The molecule has 0 aromatic heterocycles. The summed E-state index contributed by atoms with van der Waals surface area (Å²) in [6, 6.07) is 7.04. The van der Waals surface area contributed by atoms with Gasteiger partial charge in [-0.25, -0.2) is 0 Å². The highest BCUT2D eigenvalue weighted by atomic mass is 79.9. The van der Waals surface area contributed by atoms with Gasteiger partial charge in [-0.15, -0.1) is 0 Å². The van der Waals surface area contributed by atoms with Crippen LogP contribution >= 0.6 is 16.1 Å². The van der Waals surface area contributed by atoms with Crippen LogP contribution in [-0.2, 0) is 17.4 Å². The predicted octanol–water partition coefficient (Wildman–Crippen LogP) is 5.24. The van der Waals surface area contributed by atoms with Crippen molar-refractivity contribution in [3.05, 3.63) is 57.6 Å². The summed E-state index contributed by atoms with van der Waals surface area (Å²) < 4.78 is 9.85. The van der Waals surface area contributed by atoms with Crippen molar-refractivity contribution >= 4 is 33.7 Å². The van der Waals surface area contributed by atoms with E-state index in [-0.39, 0.29) is 34.5 Å². The van der Waals surface area contributed by atoms with Crippen molar-refractivity contribution in [2.45, 2.75) is 65.8 Å². The topological polar surface area (TPSA) is 105 Å². The number of amidine groups is 1. The van der Waals surface area contributed by atoms with E-state index < -0.39 is 5.91 Å². The molecule has 188 valence electrons. The van der Waals surface area contributed by atoms with Crippen LogP contribution < -0.4 is 10.5 Å². The van der Waals surface area contributed by atoms with E-state index in [0.717, 1.165) is 22.3 Å². The van der Waals surface area contributed by atoms with E-state index in [9.17, 15) is 14.7 Å². The van der Waals surface area contributed by atoms with E-state index in [4.69, 9.17) is 10.5 Å². The molecule has 7 nitrogen and oxygen atoms in total. The number of ketones is 1. The van der Waals surface area contributed by atoms with Crippen LogP contribution in [0.25, 0.3) is 0 Å². The lowest BCUT2D eigenvalue weighted by molar-refractivity contribution is 0.0961. The Labute approximate surface area is 215 Å². The first-order valence-electron chi connectivity index (χ1n) is 11.6. The third-order valence-electron chi connectivity index (χ3n) is 6.13. The van der Waals surface area contributed by atoms with Crippen LogP contribution in [0.4, 0.5) is 0 Å². The number of amides is 1. The number of benzene rings is 2. The molecule has 0 unspecified atom stereocenters. The molecule has 1 amide bonds. The zero-order valence-electron chi connectivity index (χ0n) is 21.5. The zero-order valence-corrected chi connectivity index (χ0v) is 23.0. The van der Waals surface area contributed by atoms with E-state index >= 15 is 0 Å². The van der Waals surface area contributed by atoms with Crippen LogP contribution in [0.15, 0.2) is 28.3 Å². The summed E-state index contributed by atoms with van der Waals surface area (Å²) in [6.45, 7) is 14.8. The van der Waals surface area contributed by atoms with Crippen molar-refractivity contribution in [3.8, 4) is 11.5 Å². The monoisotopic (exact) mass is 543 g/mol. The first-order chi connectivity index (χ1) is 16.2. The standard InChI is InChI=1S/C27H34BrN3O4/c1-8-35-22-11-16-13-31(25(30-28)17(16)12-18(22)24(29)34)14-21(32)15-9-19(26(2,3)4)23(33)20(10-15)27(5,6)7/h9-12,33H,8,13-14H2,1-7H3,(H2,29,34). The Morgan fingerprint density at radius 3 is 2.11 bits per heavy atom. The molecule has 1 aliphatic heterocycles. The van der Waals surface area contributed by atoms with Crippen molar-refractivity contribution in [2.75, 3.05) is 13.2 Å². The number of rotatable bonds is 6. The Bertz CT molecular complexity index is 1170. The molecule has 0 atom stereocenters. The number of phenols is 1. The van der Waals surface area contributed by atoms with Gasteiger partial charge in [-0.2, -0.15) is 4.02 Å². The highest BCUT2D eigenvalue weighted by Crippen LogP contribution is 2.40. The number of nitrogens with two attached hydrogens (primary N) is 1. The third-order valence-corrected chi connectivity index (χ3v) is 6.47. The van der Waals surface area contributed by atoms with Gasteiger partial charge in [0.15, 0.2) is 5.78 Å². The lowest BCUT2D eigenvalue weighted by Crippen LogP contribution is -2.31. The third kappa shape index (κ3) is 5.37. The first kappa shape index (κ1) is 26.7. The number of halogens is 1. The van der Waals surface area contributed by atoms with Crippen LogP contribution in [0.2, 0.25) is 0 Å². The molecule has 0 bridgehead atoms. The van der Waals surface area contributed by atoms with Crippen LogP contribution in [0.3, 0.4) is 0 Å². The molecule has 1 aliphatic rings. The number of aromatic hydroxyl groups is 1. The summed E-state index contributed by atoms with van der Waals surface area (Å²) in [5.74, 6) is 0.518. The molecule has 3 rings (SSSR count). The fourth-order valence-corrected chi connectivity index (χ4v) is 4.73. The molecule has 0 saturated carbocycles. The Hall–Kier alpha value is -2.87. The largest absolute Gasteiger partial charge is 0.507 e. The maximum atomic E-state index is 13.5. The lowest BCUT2D eigenvalue weighted by Gasteiger charge is -2.28. The van der Waals surface area contributed by atoms with Crippen molar-refractivity contribution in [2.24, 2.45) is 9.75 Å². The number of hydrogen-bond donors (Lipinski definition) is 2. The average molecular weight is 544 g/mol. The quantitative estimate of drug-likeness (QED) is 0.484. The number of carbonyl (C=O) groups is 2. The molecule has 0 spiro atoms. The van der Waals surface area contributed by atoms with Crippen LogP contribution in [-0.4, -0.2) is 40.7 Å². The molecule has 0 fully saturated rings. The Kier molecular flexibility index (Phi) is 7.37. The maximum absolute atomic E-state index is 13.5. The van der Waals surface area contributed by atoms with E-state index in [0.29, 0.717) is 30.3 Å². The van der Waals surface area contributed by atoms with Gasteiger partial charge in [0, 0.05) is 28.8 Å². The highest BCUT2D eigenvalue weighted by Gasteiger charge is 2.32. The maximum Gasteiger partial charge on any atom is 0.252 e. The Morgan fingerprint density at radius 1 is 1.09 bits per heavy atom. The second-order valence-electron chi connectivity index (χ2n) is 10.9. The van der Waals surface area contributed by atoms with Crippen LogP contribution in [0.1, 0.15) is 91.4 Å². The second kappa shape index (κ2) is 9.64. The fraction of sp³-hybridized carbons (Fsp3) is 0.444. The number of primary amides is 1. The van der Waals surface area contributed by atoms with Gasteiger partial charge in [-0.3, -0.25) is 9.59 Å². The fourth-order valence-electron chi connectivity index (χ4n) is 4.31. The van der Waals surface area contributed by atoms with Gasteiger partial charge >= 0.3 is 0 Å². The lowest BCUT2D eigenvalue weighted by atomic mass is 9.78. The molecule has 2 aromatic rings. The van der Waals surface area contributed by atoms with Crippen molar-refractivity contribution in [3.63, 3.8) is 0 Å². The summed E-state index contributed by atoms with van der Waals surface area (Å²) in [6.07, 6.45) is 0. The van der Waals surface area contributed by atoms with Gasteiger partial charge in [0.25, 0.3) is 5.91 Å². The van der Waals surface area contributed by atoms with E-state index in [1.807, 2.05) is 53.4 Å². The predicted molar refractivity (Wildman–Crippen MR) is 142 cm³/mol. The zero-order chi connectivity index (χ0) is 26.3. The Balaban J connectivity index is 2.00. The number of ether oxygens (including phenoxy) is 1. The van der Waals surface area contributed by atoms with Gasteiger partial charge < -0.3 is 20.5 Å². The van der Waals surface area contributed by atoms with E-state index in [1.54, 1.807) is 24.3 Å². The summed E-state index contributed by atoms with van der Waals surface area (Å²) in [5, 5.41) is 11.0. The number of phenolic OH excluding ortho intramolecular Hbond substituents is 1. The van der Waals surface area contributed by atoms with Gasteiger partial charge in [-0.1, -0.05) is 41.5 Å². The minimum Gasteiger partial charge on any atom is -0.507 e. The molecular formula is C27H34BrN3O4. The summed E-state index contributed by atoms with van der Waals surface area (Å²) >= 11 is 3.18.